The van der Waals surface area contributed by atoms with Gasteiger partial charge < -0.3 is 14.2 Å². The maximum Gasteiger partial charge on any atom is 0.457 e. The molecule has 0 spiro atoms. The first-order valence-corrected chi connectivity index (χ1v) is 8.82. The van der Waals surface area contributed by atoms with Gasteiger partial charge in [-0.2, -0.15) is 0 Å². The zero-order valence-corrected chi connectivity index (χ0v) is 16.2. The standard InChI is InChI=1S/C13H26BNO3.C2H5Br/c1-11(16)15(6)10-8-7-9-14-17-12(2,3)13(4,5)18-14;1-2-3/h7-10H2,1-6H3;2H2,1H3. The lowest BCUT2D eigenvalue weighted by Crippen LogP contribution is -2.41. The van der Waals surface area contributed by atoms with Crippen LogP contribution in [0.4, 0.5) is 0 Å². The summed E-state index contributed by atoms with van der Waals surface area (Å²) in [6.07, 6.45) is 2.88. The molecule has 1 aliphatic rings. The van der Waals surface area contributed by atoms with Crippen LogP contribution in [0.5, 0.6) is 0 Å². The van der Waals surface area contributed by atoms with Crippen molar-refractivity contribution in [3.05, 3.63) is 0 Å². The molecule has 1 saturated heterocycles. The summed E-state index contributed by atoms with van der Waals surface area (Å²) in [5, 5.41) is 1.06. The number of alkyl halides is 1. The molecule has 0 atom stereocenters. The number of carbonyl (C=O) groups is 1. The van der Waals surface area contributed by atoms with E-state index < -0.39 is 0 Å². The van der Waals surface area contributed by atoms with E-state index in [1.54, 1.807) is 11.8 Å². The summed E-state index contributed by atoms with van der Waals surface area (Å²) in [6, 6.07) is 0. The van der Waals surface area contributed by atoms with Gasteiger partial charge in [-0.15, -0.1) is 0 Å². The first-order valence-electron chi connectivity index (χ1n) is 7.70. The van der Waals surface area contributed by atoms with Crippen molar-refractivity contribution in [2.45, 2.75) is 71.9 Å². The Morgan fingerprint density at radius 3 is 1.95 bits per heavy atom. The predicted molar refractivity (Wildman–Crippen MR) is 92.9 cm³/mol. The van der Waals surface area contributed by atoms with Crippen LogP contribution in [0.1, 0.15) is 54.4 Å². The molecular formula is C15H31BBrNO3. The molecule has 1 rings (SSSR count). The fourth-order valence-corrected chi connectivity index (χ4v) is 1.90. The molecule has 0 aromatic rings. The van der Waals surface area contributed by atoms with Crippen molar-refractivity contribution in [1.29, 1.82) is 0 Å². The van der Waals surface area contributed by atoms with Crippen molar-refractivity contribution in [1.82, 2.24) is 4.90 Å². The largest absolute Gasteiger partial charge is 0.457 e. The Balaban J connectivity index is 0.00000122. The molecule has 1 heterocycles. The number of nitrogens with zero attached hydrogens (tertiary/aromatic N) is 1. The molecule has 0 aromatic carbocycles. The number of halogens is 1. The van der Waals surface area contributed by atoms with Crippen molar-refractivity contribution in [3.8, 4) is 0 Å². The highest BCUT2D eigenvalue weighted by molar-refractivity contribution is 9.09. The Kier molecular flexibility index (Phi) is 9.13. The fraction of sp³-hybridized carbons (Fsp3) is 0.933. The summed E-state index contributed by atoms with van der Waals surface area (Å²) in [7, 11) is 1.72. The van der Waals surface area contributed by atoms with E-state index in [4.69, 9.17) is 9.31 Å². The zero-order chi connectivity index (χ0) is 16.7. The SMILES string of the molecule is CC(=O)N(C)CCCCB1OC(C)(C)C(C)(C)O1.CCBr. The van der Waals surface area contributed by atoms with E-state index >= 15 is 0 Å². The summed E-state index contributed by atoms with van der Waals surface area (Å²) in [6.45, 7) is 12.7. The van der Waals surface area contributed by atoms with Crippen molar-refractivity contribution in [2.24, 2.45) is 0 Å². The molecule has 0 aromatic heterocycles. The molecule has 124 valence electrons. The Morgan fingerprint density at radius 2 is 1.57 bits per heavy atom. The molecule has 21 heavy (non-hydrogen) atoms. The van der Waals surface area contributed by atoms with Crippen LogP contribution in [-0.2, 0) is 14.1 Å². The molecule has 1 fully saturated rings. The van der Waals surface area contributed by atoms with Gasteiger partial charge in [0.2, 0.25) is 5.91 Å². The van der Waals surface area contributed by atoms with Crippen LogP contribution in [0.2, 0.25) is 6.32 Å². The molecule has 0 saturated carbocycles. The van der Waals surface area contributed by atoms with E-state index in [1.165, 1.54) is 0 Å². The van der Waals surface area contributed by atoms with E-state index in [-0.39, 0.29) is 24.2 Å². The first-order chi connectivity index (χ1) is 9.57. The fourth-order valence-electron chi connectivity index (χ4n) is 1.90. The van der Waals surface area contributed by atoms with E-state index in [0.29, 0.717) is 0 Å². The second-order valence-electron chi connectivity index (χ2n) is 6.39. The zero-order valence-electron chi connectivity index (χ0n) is 14.7. The van der Waals surface area contributed by atoms with Crippen LogP contribution in [0, 0.1) is 0 Å². The molecule has 6 heteroatoms. The Hall–Kier alpha value is -0.0651. The van der Waals surface area contributed by atoms with Gasteiger partial charge in [-0.3, -0.25) is 4.79 Å². The van der Waals surface area contributed by atoms with E-state index in [9.17, 15) is 4.79 Å². The van der Waals surface area contributed by atoms with Gasteiger partial charge >= 0.3 is 7.12 Å². The minimum atomic E-state index is -0.242. The lowest BCUT2D eigenvalue weighted by atomic mass is 9.82. The van der Waals surface area contributed by atoms with Gasteiger partial charge in [0, 0.05) is 25.8 Å². The molecular weight excluding hydrogens is 333 g/mol. The van der Waals surface area contributed by atoms with Crippen LogP contribution >= 0.6 is 15.9 Å². The average Bonchev–Trinajstić information content (AvgIpc) is 2.54. The Bertz CT molecular complexity index is 308. The number of unbranched alkanes of at least 4 members (excludes halogenated alkanes) is 1. The summed E-state index contributed by atoms with van der Waals surface area (Å²) in [5.74, 6) is 0.116. The minimum absolute atomic E-state index is 0.113. The second-order valence-corrected chi connectivity index (χ2v) is 7.51. The minimum Gasteiger partial charge on any atom is -0.403 e. The quantitative estimate of drug-likeness (QED) is 0.424. The lowest BCUT2D eigenvalue weighted by Gasteiger charge is -2.32. The van der Waals surface area contributed by atoms with E-state index in [0.717, 1.165) is 31.0 Å². The third-order valence-corrected chi connectivity index (χ3v) is 4.02. The molecule has 0 aliphatic carbocycles. The Morgan fingerprint density at radius 1 is 1.14 bits per heavy atom. The van der Waals surface area contributed by atoms with Gasteiger partial charge in [0.05, 0.1) is 11.2 Å². The lowest BCUT2D eigenvalue weighted by molar-refractivity contribution is -0.127. The van der Waals surface area contributed by atoms with Crippen molar-refractivity contribution in [2.75, 3.05) is 18.9 Å². The van der Waals surface area contributed by atoms with Gasteiger partial charge in [-0.05, 0) is 40.4 Å². The van der Waals surface area contributed by atoms with Gasteiger partial charge in [0.1, 0.15) is 0 Å². The third-order valence-electron chi connectivity index (χ3n) is 4.02. The normalized spacial score (nSPS) is 19.0. The number of amides is 1. The molecule has 4 nitrogen and oxygen atoms in total. The van der Waals surface area contributed by atoms with Crippen LogP contribution in [-0.4, -0.2) is 48.1 Å². The summed E-state index contributed by atoms with van der Waals surface area (Å²) in [5.41, 5.74) is -0.484. The molecule has 0 N–H and O–H groups in total. The highest BCUT2D eigenvalue weighted by Crippen LogP contribution is 2.37. The highest BCUT2D eigenvalue weighted by Gasteiger charge is 2.50. The Labute approximate surface area is 139 Å². The van der Waals surface area contributed by atoms with Crippen LogP contribution < -0.4 is 0 Å². The smallest absolute Gasteiger partial charge is 0.403 e. The summed E-state index contributed by atoms with van der Waals surface area (Å²) >= 11 is 3.15. The average molecular weight is 364 g/mol. The molecule has 1 amide bonds. The predicted octanol–water partition coefficient (Wildman–Crippen LogP) is 3.74. The second kappa shape index (κ2) is 9.16. The van der Waals surface area contributed by atoms with Crippen molar-refractivity contribution in [3.63, 3.8) is 0 Å². The van der Waals surface area contributed by atoms with Gasteiger partial charge in [-0.1, -0.05) is 29.3 Å². The number of rotatable bonds is 5. The van der Waals surface area contributed by atoms with Crippen LogP contribution in [0.25, 0.3) is 0 Å². The van der Waals surface area contributed by atoms with Crippen LogP contribution in [0.3, 0.4) is 0 Å². The van der Waals surface area contributed by atoms with Crippen LogP contribution in [0.15, 0.2) is 0 Å². The maximum absolute atomic E-state index is 11.0. The summed E-state index contributed by atoms with van der Waals surface area (Å²) < 4.78 is 11.8. The first kappa shape index (κ1) is 20.9. The maximum atomic E-state index is 11.0. The van der Waals surface area contributed by atoms with Crippen molar-refractivity contribution >= 4 is 29.0 Å². The highest BCUT2D eigenvalue weighted by atomic mass is 79.9. The third kappa shape index (κ3) is 7.16. The summed E-state index contributed by atoms with van der Waals surface area (Å²) in [4.78, 5) is 12.8. The number of hydrogen-bond acceptors (Lipinski definition) is 3. The molecule has 0 unspecified atom stereocenters. The number of carbonyl (C=O) groups excluding carboxylic acids is 1. The molecule has 0 radical (unpaired) electrons. The number of hydrogen-bond donors (Lipinski definition) is 0. The van der Waals surface area contributed by atoms with Gasteiger partial charge in [0.15, 0.2) is 0 Å². The topological polar surface area (TPSA) is 38.8 Å². The van der Waals surface area contributed by atoms with Gasteiger partial charge in [-0.25, -0.2) is 0 Å². The van der Waals surface area contributed by atoms with E-state index in [1.807, 2.05) is 14.0 Å². The van der Waals surface area contributed by atoms with Crippen molar-refractivity contribution < 1.29 is 14.1 Å². The van der Waals surface area contributed by atoms with E-state index in [2.05, 4.69) is 43.6 Å². The molecule has 0 bridgehead atoms. The van der Waals surface area contributed by atoms with Gasteiger partial charge in [0.25, 0.3) is 0 Å². The molecule has 1 aliphatic heterocycles. The monoisotopic (exact) mass is 363 g/mol.